The van der Waals surface area contributed by atoms with Crippen LogP contribution in [0.5, 0.6) is 0 Å². The van der Waals surface area contributed by atoms with Crippen LogP contribution in [0, 0.1) is 17.8 Å². The Morgan fingerprint density at radius 3 is 0.964 bits per heavy atom. The fourth-order valence-electron chi connectivity index (χ4n) is 9.12. The summed E-state index contributed by atoms with van der Waals surface area (Å²) in [6, 6.07) is 0. The Morgan fingerprint density at radius 2 is 0.643 bits per heavy atom. The number of carbonyl (C=O) groups is 4. The molecule has 0 rings (SSSR count). The maximum Gasteiger partial charge on any atom is 0.472 e. The number of esters is 4. The van der Waals surface area contributed by atoms with Crippen molar-refractivity contribution in [1.82, 2.24) is 0 Å². The third-order valence-electron chi connectivity index (χ3n) is 14.3. The number of allylic oxidation sites excluding steroid dienone is 4. The molecule has 0 saturated carbocycles. The number of phosphoric acid groups is 2. The van der Waals surface area contributed by atoms with Crippen molar-refractivity contribution in [3.05, 3.63) is 24.3 Å². The van der Waals surface area contributed by atoms with Gasteiger partial charge in [-0.25, -0.2) is 9.13 Å². The number of aliphatic hydroxyl groups is 1. The van der Waals surface area contributed by atoms with Crippen LogP contribution in [-0.2, 0) is 65.4 Å². The van der Waals surface area contributed by atoms with E-state index in [0.29, 0.717) is 37.5 Å². The van der Waals surface area contributed by atoms with Crippen LogP contribution < -0.4 is 0 Å². The second kappa shape index (κ2) is 55.8. The Kier molecular flexibility index (Phi) is 54.2. The van der Waals surface area contributed by atoms with E-state index in [2.05, 4.69) is 72.8 Å². The van der Waals surface area contributed by atoms with Crippen molar-refractivity contribution in [2.75, 3.05) is 39.6 Å². The van der Waals surface area contributed by atoms with E-state index in [9.17, 15) is 43.2 Å². The molecule has 3 unspecified atom stereocenters. The third-order valence-corrected chi connectivity index (χ3v) is 16.2. The van der Waals surface area contributed by atoms with Crippen LogP contribution in [0.15, 0.2) is 24.3 Å². The van der Waals surface area contributed by atoms with Crippen molar-refractivity contribution in [3.8, 4) is 0 Å². The van der Waals surface area contributed by atoms with Gasteiger partial charge >= 0.3 is 39.5 Å². The minimum Gasteiger partial charge on any atom is -0.462 e. The predicted molar refractivity (Wildman–Crippen MR) is 335 cm³/mol. The summed E-state index contributed by atoms with van der Waals surface area (Å²) in [4.78, 5) is 72.2. The highest BCUT2D eigenvalue weighted by Gasteiger charge is 2.30. The first-order chi connectivity index (χ1) is 40.2. The zero-order valence-corrected chi connectivity index (χ0v) is 55.6. The highest BCUT2D eigenvalue weighted by molar-refractivity contribution is 7.47. The molecule has 0 aliphatic rings. The molecule has 17 nitrogen and oxygen atoms in total. The predicted octanol–water partition coefficient (Wildman–Crippen LogP) is 17.4. The smallest absolute Gasteiger partial charge is 0.462 e. The normalized spacial score (nSPS) is 14.5. The molecule has 0 radical (unpaired) electrons. The molecule has 3 N–H and O–H groups in total. The largest absolute Gasteiger partial charge is 0.472 e. The van der Waals surface area contributed by atoms with E-state index in [4.69, 9.17) is 37.0 Å². The molecule has 494 valence electrons. The molecule has 0 aliphatic carbocycles. The zero-order chi connectivity index (χ0) is 62.4. The van der Waals surface area contributed by atoms with E-state index >= 15 is 0 Å². The monoisotopic (exact) mass is 1240 g/mol. The van der Waals surface area contributed by atoms with Crippen LogP contribution in [0.4, 0.5) is 0 Å². The summed E-state index contributed by atoms with van der Waals surface area (Å²) in [6.45, 7) is 11.5. The Hall–Kier alpha value is -2.46. The summed E-state index contributed by atoms with van der Waals surface area (Å²) in [5.41, 5.74) is 0. The summed E-state index contributed by atoms with van der Waals surface area (Å²) >= 11 is 0. The van der Waals surface area contributed by atoms with E-state index in [1.807, 2.05) is 0 Å². The highest BCUT2D eigenvalue weighted by atomic mass is 31.2. The maximum atomic E-state index is 13.0. The summed E-state index contributed by atoms with van der Waals surface area (Å²) in [6.07, 6.45) is 40.2. The molecule has 0 heterocycles. The Balaban J connectivity index is 5.26. The van der Waals surface area contributed by atoms with Crippen molar-refractivity contribution in [1.29, 1.82) is 0 Å². The van der Waals surface area contributed by atoms with E-state index in [0.717, 1.165) is 115 Å². The average Bonchev–Trinajstić information content (AvgIpc) is 3.48. The van der Waals surface area contributed by atoms with Gasteiger partial charge in [0, 0.05) is 25.7 Å². The van der Waals surface area contributed by atoms with Gasteiger partial charge in [-0.3, -0.25) is 37.3 Å². The van der Waals surface area contributed by atoms with Gasteiger partial charge in [0.15, 0.2) is 12.2 Å². The molecule has 0 bridgehead atoms. The fraction of sp³-hybridized carbons (Fsp3) is 0.877. The lowest BCUT2D eigenvalue weighted by Gasteiger charge is -2.21. The topological polar surface area (TPSA) is 237 Å². The summed E-state index contributed by atoms with van der Waals surface area (Å²) in [5, 5.41) is 10.5. The first-order valence-electron chi connectivity index (χ1n) is 33.2. The van der Waals surface area contributed by atoms with Gasteiger partial charge in [-0.05, 0) is 69.1 Å². The van der Waals surface area contributed by atoms with Crippen molar-refractivity contribution >= 4 is 39.5 Å². The summed E-state index contributed by atoms with van der Waals surface area (Å²) in [7, 11) is -9.90. The molecular weight excluding hydrogens is 1110 g/mol. The average molecular weight is 1240 g/mol. The maximum absolute atomic E-state index is 13.0. The quantitative estimate of drug-likeness (QED) is 0.0169. The second-order valence-electron chi connectivity index (χ2n) is 24.2. The van der Waals surface area contributed by atoms with Crippen molar-refractivity contribution < 1.29 is 80.2 Å². The van der Waals surface area contributed by atoms with Crippen LogP contribution >= 0.6 is 15.6 Å². The number of aliphatic hydroxyl groups excluding tert-OH is 1. The van der Waals surface area contributed by atoms with Gasteiger partial charge in [-0.15, -0.1) is 0 Å². The lowest BCUT2D eigenvalue weighted by molar-refractivity contribution is -0.161. The summed E-state index contributed by atoms with van der Waals surface area (Å²) in [5.74, 6) is -0.104. The molecular formula is C65H122O17P2. The van der Waals surface area contributed by atoms with Crippen LogP contribution in [0.2, 0.25) is 0 Å². The number of unbranched alkanes of at least 4 members (excludes halogenated alkanes) is 26. The van der Waals surface area contributed by atoms with Gasteiger partial charge in [-0.1, -0.05) is 240 Å². The molecule has 84 heavy (non-hydrogen) atoms. The van der Waals surface area contributed by atoms with E-state index < -0.39 is 97.5 Å². The van der Waals surface area contributed by atoms with Crippen molar-refractivity contribution in [3.63, 3.8) is 0 Å². The summed E-state index contributed by atoms with van der Waals surface area (Å²) < 4.78 is 67.9. The Morgan fingerprint density at radius 1 is 0.369 bits per heavy atom. The molecule has 0 aromatic rings. The van der Waals surface area contributed by atoms with Gasteiger partial charge < -0.3 is 33.8 Å². The van der Waals surface area contributed by atoms with Crippen LogP contribution in [0.1, 0.15) is 292 Å². The molecule has 0 amide bonds. The SMILES string of the molecule is CCCCCC/C=C\C=C/CCCCCCCC(=O)O[C@H](COC(=O)CCCCCCCCC(C)C)COP(=O)(O)OCC(O)COP(=O)(O)OC[C@@H](COC(=O)CCCCCCCCCCC(C)C)OC(=O)CCCCCCCCC(C)C. The van der Waals surface area contributed by atoms with E-state index in [1.165, 1.54) is 83.5 Å². The first kappa shape index (κ1) is 81.5. The number of phosphoric ester groups is 2. The number of hydrogen-bond acceptors (Lipinski definition) is 15. The lowest BCUT2D eigenvalue weighted by atomic mass is 10.0. The highest BCUT2D eigenvalue weighted by Crippen LogP contribution is 2.45. The molecule has 0 aromatic carbocycles. The standard InChI is InChI=1S/C65H122O17P2/c1-8-9-10-11-12-13-14-15-16-17-18-19-24-34-41-48-64(69)81-60(53-76-63(68)47-40-33-27-25-30-37-44-57(4)5)54-79-83(71,72)77-50-59(66)51-78-84(73,74)80-55-61(82-65(70)49-42-35-28-26-31-38-45-58(6)7)52-75-62(67)46-39-32-23-21-20-22-29-36-43-56(2)3/h13-16,56-61,66H,8-12,17-55H2,1-7H3,(H,71,72)(H,73,74)/b14-13-,16-15-/t59?,60-,61-/m1/s1. The molecule has 0 saturated heterocycles. The van der Waals surface area contributed by atoms with Gasteiger partial charge in [0.05, 0.1) is 26.4 Å². The number of hydrogen-bond donors (Lipinski definition) is 3. The van der Waals surface area contributed by atoms with Gasteiger partial charge in [0.1, 0.15) is 19.3 Å². The molecule has 5 atom stereocenters. The number of ether oxygens (including phenoxy) is 4. The molecule has 0 fully saturated rings. The van der Waals surface area contributed by atoms with Crippen LogP contribution in [-0.4, -0.2) is 96.7 Å². The van der Waals surface area contributed by atoms with Gasteiger partial charge in [-0.2, -0.15) is 0 Å². The number of carbonyl (C=O) groups excluding carboxylic acids is 4. The molecule has 0 spiro atoms. The van der Waals surface area contributed by atoms with Crippen molar-refractivity contribution in [2.45, 2.75) is 311 Å². The molecule has 0 aromatic heterocycles. The Labute approximate surface area is 510 Å². The zero-order valence-electron chi connectivity index (χ0n) is 53.8. The minimum atomic E-state index is -4.95. The molecule has 19 heteroatoms. The fourth-order valence-corrected chi connectivity index (χ4v) is 10.7. The van der Waals surface area contributed by atoms with Crippen LogP contribution in [0.3, 0.4) is 0 Å². The van der Waals surface area contributed by atoms with E-state index in [1.54, 1.807) is 0 Å². The van der Waals surface area contributed by atoms with Gasteiger partial charge in [0.2, 0.25) is 0 Å². The Bertz CT molecular complexity index is 1760. The molecule has 0 aliphatic heterocycles. The third kappa shape index (κ3) is 58.6. The first-order valence-corrected chi connectivity index (χ1v) is 36.2. The number of rotatable bonds is 61. The second-order valence-corrected chi connectivity index (χ2v) is 27.2. The van der Waals surface area contributed by atoms with Gasteiger partial charge in [0.25, 0.3) is 0 Å². The van der Waals surface area contributed by atoms with Crippen LogP contribution in [0.25, 0.3) is 0 Å². The van der Waals surface area contributed by atoms with E-state index in [-0.39, 0.29) is 25.7 Å². The van der Waals surface area contributed by atoms with Crippen molar-refractivity contribution in [2.24, 2.45) is 17.8 Å². The lowest BCUT2D eigenvalue weighted by Crippen LogP contribution is -2.30. The minimum absolute atomic E-state index is 0.0831.